The molecule has 0 unspecified atom stereocenters. The Labute approximate surface area is 116 Å². The van der Waals surface area contributed by atoms with E-state index in [-0.39, 0.29) is 0 Å². The molecule has 1 fully saturated rings. The van der Waals surface area contributed by atoms with Crippen LogP contribution < -0.4 is 15.8 Å². The number of hydrogen-bond donors (Lipinski definition) is 2. The zero-order valence-corrected chi connectivity index (χ0v) is 12.3. The molecule has 1 aliphatic carbocycles. The maximum absolute atomic E-state index is 5.94. The van der Waals surface area contributed by atoms with Crippen LogP contribution in [0, 0.1) is 13.8 Å². The molecule has 0 saturated heterocycles. The van der Waals surface area contributed by atoms with E-state index in [0.717, 1.165) is 25.1 Å². The van der Waals surface area contributed by atoms with Gasteiger partial charge in [-0.2, -0.15) is 0 Å². The largest absolute Gasteiger partial charge is 0.496 e. The van der Waals surface area contributed by atoms with Gasteiger partial charge in [0.1, 0.15) is 5.75 Å². The number of ether oxygens (including phenoxy) is 1. The third-order valence-electron chi connectivity index (χ3n) is 4.42. The smallest absolute Gasteiger partial charge is 0.122 e. The number of nitrogens with one attached hydrogen (secondary N) is 1. The number of methoxy groups -OCH3 is 1. The summed E-state index contributed by atoms with van der Waals surface area (Å²) in [7, 11) is 1.73. The van der Waals surface area contributed by atoms with Gasteiger partial charge in [-0.25, -0.2) is 0 Å². The molecule has 0 aromatic heterocycles. The normalized spacial score (nSPS) is 23.4. The van der Waals surface area contributed by atoms with Crippen LogP contribution in [0.3, 0.4) is 0 Å². The zero-order valence-electron chi connectivity index (χ0n) is 12.3. The highest BCUT2D eigenvalue weighted by atomic mass is 16.5. The fraction of sp³-hybridized carbons (Fsp3) is 0.625. The Morgan fingerprint density at radius 2 is 1.84 bits per heavy atom. The Morgan fingerprint density at radius 3 is 2.47 bits per heavy atom. The topological polar surface area (TPSA) is 47.3 Å². The number of nitrogens with two attached hydrogens (primary N) is 1. The summed E-state index contributed by atoms with van der Waals surface area (Å²) in [6.45, 7) is 5.24. The van der Waals surface area contributed by atoms with Crippen LogP contribution >= 0.6 is 0 Å². The number of rotatable bonds is 4. The van der Waals surface area contributed by atoms with Gasteiger partial charge in [0.2, 0.25) is 0 Å². The van der Waals surface area contributed by atoms with E-state index in [1.807, 2.05) is 0 Å². The predicted molar refractivity (Wildman–Crippen MR) is 79.5 cm³/mol. The minimum absolute atomic E-state index is 0.419. The first-order valence-corrected chi connectivity index (χ1v) is 7.24. The summed E-state index contributed by atoms with van der Waals surface area (Å²) in [6.07, 6.45) is 4.71. The van der Waals surface area contributed by atoms with Gasteiger partial charge in [0, 0.05) is 18.6 Å². The summed E-state index contributed by atoms with van der Waals surface area (Å²) in [5.41, 5.74) is 9.88. The van der Waals surface area contributed by atoms with Gasteiger partial charge in [-0.15, -0.1) is 0 Å². The molecule has 0 atom stereocenters. The predicted octanol–water partition coefficient (Wildman–Crippen LogP) is 2.67. The summed E-state index contributed by atoms with van der Waals surface area (Å²) in [6, 6.07) is 5.28. The molecular formula is C16H26N2O. The molecule has 19 heavy (non-hydrogen) atoms. The van der Waals surface area contributed by atoms with E-state index in [0.29, 0.717) is 12.1 Å². The first-order chi connectivity index (χ1) is 9.11. The average Bonchev–Trinajstić information content (AvgIpc) is 2.42. The highest BCUT2D eigenvalue weighted by Gasteiger charge is 2.18. The molecule has 0 spiro atoms. The SMILES string of the molecule is COc1ccc(CNC2CCC(N)CC2)c(C)c1C. The van der Waals surface area contributed by atoms with E-state index in [9.17, 15) is 0 Å². The Hall–Kier alpha value is -1.06. The molecular weight excluding hydrogens is 236 g/mol. The van der Waals surface area contributed by atoms with Crippen LogP contribution in [-0.4, -0.2) is 19.2 Å². The van der Waals surface area contributed by atoms with Gasteiger partial charge in [-0.1, -0.05) is 6.07 Å². The number of hydrogen-bond acceptors (Lipinski definition) is 3. The third kappa shape index (κ3) is 3.48. The molecule has 1 aliphatic rings. The minimum Gasteiger partial charge on any atom is -0.496 e. The van der Waals surface area contributed by atoms with Crippen molar-refractivity contribution in [1.82, 2.24) is 5.32 Å². The van der Waals surface area contributed by atoms with Crippen molar-refractivity contribution in [1.29, 1.82) is 0 Å². The van der Waals surface area contributed by atoms with E-state index in [1.165, 1.54) is 29.5 Å². The van der Waals surface area contributed by atoms with Gasteiger partial charge in [-0.3, -0.25) is 0 Å². The summed E-state index contributed by atoms with van der Waals surface area (Å²) in [5, 5.41) is 3.67. The molecule has 1 aromatic rings. The average molecular weight is 262 g/mol. The van der Waals surface area contributed by atoms with Crippen LogP contribution in [0.2, 0.25) is 0 Å². The lowest BCUT2D eigenvalue weighted by molar-refractivity contribution is 0.341. The minimum atomic E-state index is 0.419. The van der Waals surface area contributed by atoms with Crippen molar-refractivity contribution in [2.24, 2.45) is 5.73 Å². The van der Waals surface area contributed by atoms with Crippen LogP contribution in [0.15, 0.2) is 12.1 Å². The van der Waals surface area contributed by atoms with Crippen molar-refractivity contribution in [3.05, 3.63) is 28.8 Å². The summed E-state index contributed by atoms with van der Waals surface area (Å²) in [5.74, 6) is 0.977. The second-order valence-corrected chi connectivity index (χ2v) is 5.67. The summed E-state index contributed by atoms with van der Waals surface area (Å²) >= 11 is 0. The molecule has 1 saturated carbocycles. The lowest BCUT2D eigenvalue weighted by Crippen LogP contribution is -2.37. The highest BCUT2D eigenvalue weighted by molar-refractivity contribution is 5.43. The van der Waals surface area contributed by atoms with Gasteiger partial charge < -0.3 is 15.8 Å². The molecule has 1 aromatic carbocycles. The summed E-state index contributed by atoms with van der Waals surface area (Å²) in [4.78, 5) is 0. The fourth-order valence-corrected chi connectivity index (χ4v) is 2.84. The molecule has 3 nitrogen and oxygen atoms in total. The molecule has 0 heterocycles. The lowest BCUT2D eigenvalue weighted by atomic mass is 9.91. The van der Waals surface area contributed by atoms with Crippen LogP contribution in [0.4, 0.5) is 0 Å². The highest BCUT2D eigenvalue weighted by Crippen LogP contribution is 2.24. The van der Waals surface area contributed by atoms with Gasteiger partial charge >= 0.3 is 0 Å². The Morgan fingerprint density at radius 1 is 1.16 bits per heavy atom. The Bertz CT molecular complexity index is 423. The molecule has 3 N–H and O–H groups in total. The van der Waals surface area contributed by atoms with Crippen LogP contribution in [-0.2, 0) is 6.54 Å². The van der Waals surface area contributed by atoms with Crippen molar-refractivity contribution >= 4 is 0 Å². The monoisotopic (exact) mass is 262 g/mol. The van der Waals surface area contributed by atoms with Crippen molar-refractivity contribution in [3.8, 4) is 5.75 Å². The van der Waals surface area contributed by atoms with Crippen molar-refractivity contribution in [3.63, 3.8) is 0 Å². The second kappa shape index (κ2) is 6.40. The molecule has 0 radical (unpaired) electrons. The molecule has 0 bridgehead atoms. The maximum Gasteiger partial charge on any atom is 0.122 e. The third-order valence-corrected chi connectivity index (χ3v) is 4.42. The van der Waals surface area contributed by atoms with Crippen LogP contribution in [0.1, 0.15) is 42.4 Å². The molecule has 0 amide bonds. The number of benzene rings is 1. The van der Waals surface area contributed by atoms with E-state index in [2.05, 4.69) is 31.3 Å². The first kappa shape index (κ1) is 14.4. The van der Waals surface area contributed by atoms with Crippen molar-refractivity contribution in [2.75, 3.05) is 7.11 Å². The Balaban J connectivity index is 1.94. The van der Waals surface area contributed by atoms with Crippen molar-refractivity contribution < 1.29 is 4.74 Å². The van der Waals surface area contributed by atoms with E-state index >= 15 is 0 Å². The van der Waals surface area contributed by atoms with E-state index in [1.54, 1.807) is 7.11 Å². The molecule has 106 valence electrons. The van der Waals surface area contributed by atoms with Gasteiger partial charge in [0.15, 0.2) is 0 Å². The molecule has 0 aliphatic heterocycles. The van der Waals surface area contributed by atoms with Gasteiger partial charge in [0.25, 0.3) is 0 Å². The molecule has 3 heteroatoms. The molecule has 2 rings (SSSR count). The second-order valence-electron chi connectivity index (χ2n) is 5.67. The van der Waals surface area contributed by atoms with Crippen LogP contribution in [0.25, 0.3) is 0 Å². The van der Waals surface area contributed by atoms with E-state index < -0.39 is 0 Å². The van der Waals surface area contributed by atoms with E-state index in [4.69, 9.17) is 10.5 Å². The zero-order chi connectivity index (χ0) is 13.8. The lowest BCUT2D eigenvalue weighted by Gasteiger charge is -2.27. The van der Waals surface area contributed by atoms with Gasteiger partial charge in [-0.05, 0) is 62.3 Å². The van der Waals surface area contributed by atoms with Crippen LogP contribution in [0.5, 0.6) is 5.75 Å². The van der Waals surface area contributed by atoms with Crippen molar-refractivity contribution in [2.45, 2.75) is 58.2 Å². The first-order valence-electron chi connectivity index (χ1n) is 7.24. The quantitative estimate of drug-likeness (QED) is 0.877. The summed E-state index contributed by atoms with van der Waals surface area (Å²) < 4.78 is 5.35. The van der Waals surface area contributed by atoms with Gasteiger partial charge in [0.05, 0.1) is 7.11 Å². The fourth-order valence-electron chi connectivity index (χ4n) is 2.84. The maximum atomic E-state index is 5.94. The standard InChI is InChI=1S/C16H26N2O/c1-11-12(2)16(19-3)9-4-13(11)10-18-15-7-5-14(17)6-8-15/h4,9,14-15,18H,5-8,10,17H2,1-3H3. The Kier molecular flexibility index (Phi) is 4.83.